The van der Waals surface area contributed by atoms with Gasteiger partial charge in [-0.3, -0.25) is 0 Å². The Hall–Kier alpha value is -0.120. The highest BCUT2D eigenvalue weighted by molar-refractivity contribution is 5.02. The molecule has 0 aromatic rings. The quantitative estimate of drug-likeness (QED) is 0.628. The SMILES string of the molecule is COCCNC1(CN)CC(C(C)C)C1. The lowest BCUT2D eigenvalue weighted by atomic mass is 9.64. The van der Waals surface area contributed by atoms with Gasteiger partial charge in [0.1, 0.15) is 0 Å². The van der Waals surface area contributed by atoms with Crippen molar-refractivity contribution in [3.63, 3.8) is 0 Å². The molecule has 1 aliphatic rings. The van der Waals surface area contributed by atoms with Gasteiger partial charge < -0.3 is 15.8 Å². The smallest absolute Gasteiger partial charge is 0.0587 e. The van der Waals surface area contributed by atoms with Crippen LogP contribution in [0.1, 0.15) is 26.7 Å². The first-order chi connectivity index (χ1) is 6.63. The molecule has 0 aromatic heterocycles. The predicted molar refractivity (Wildman–Crippen MR) is 59.2 cm³/mol. The summed E-state index contributed by atoms with van der Waals surface area (Å²) in [6, 6.07) is 0. The van der Waals surface area contributed by atoms with Gasteiger partial charge in [-0.2, -0.15) is 0 Å². The first kappa shape index (κ1) is 12.0. The molecule has 1 saturated carbocycles. The van der Waals surface area contributed by atoms with Crippen LogP contribution < -0.4 is 11.1 Å². The van der Waals surface area contributed by atoms with Crippen LogP contribution in [0, 0.1) is 11.8 Å². The third-order valence-electron chi connectivity index (χ3n) is 3.45. The number of methoxy groups -OCH3 is 1. The molecule has 0 heterocycles. The molecule has 0 radical (unpaired) electrons. The van der Waals surface area contributed by atoms with E-state index in [2.05, 4.69) is 19.2 Å². The molecule has 0 atom stereocenters. The molecule has 1 fully saturated rings. The van der Waals surface area contributed by atoms with E-state index in [9.17, 15) is 0 Å². The molecule has 3 heteroatoms. The van der Waals surface area contributed by atoms with Gasteiger partial charge in [-0.25, -0.2) is 0 Å². The molecule has 3 N–H and O–H groups in total. The number of ether oxygens (including phenoxy) is 1. The first-order valence-corrected chi connectivity index (χ1v) is 5.57. The number of nitrogens with two attached hydrogens (primary N) is 1. The highest BCUT2D eigenvalue weighted by atomic mass is 16.5. The average molecular weight is 200 g/mol. The lowest BCUT2D eigenvalue weighted by Gasteiger charge is -2.49. The van der Waals surface area contributed by atoms with E-state index in [4.69, 9.17) is 10.5 Å². The van der Waals surface area contributed by atoms with Crippen LogP contribution in [0.4, 0.5) is 0 Å². The van der Waals surface area contributed by atoms with Crippen LogP contribution in [0.15, 0.2) is 0 Å². The van der Waals surface area contributed by atoms with E-state index >= 15 is 0 Å². The number of hydrogen-bond donors (Lipinski definition) is 2. The summed E-state index contributed by atoms with van der Waals surface area (Å²) >= 11 is 0. The van der Waals surface area contributed by atoms with Crippen LogP contribution >= 0.6 is 0 Å². The van der Waals surface area contributed by atoms with Gasteiger partial charge in [-0.15, -0.1) is 0 Å². The van der Waals surface area contributed by atoms with E-state index in [0.717, 1.165) is 31.5 Å². The van der Waals surface area contributed by atoms with Crippen LogP contribution in [-0.4, -0.2) is 32.3 Å². The van der Waals surface area contributed by atoms with Crippen LogP contribution in [0.2, 0.25) is 0 Å². The molecule has 1 rings (SSSR count). The minimum Gasteiger partial charge on any atom is -0.383 e. The maximum Gasteiger partial charge on any atom is 0.0587 e. The Morgan fingerprint density at radius 3 is 2.57 bits per heavy atom. The van der Waals surface area contributed by atoms with Crippen molar-refractivity contribution in [2.75, 3.05) is 26.8 Å². The van der Waals surface area contributed by atoms with E-state index in [1.807, 2.05) is 0 Å². The normalized spacial score (nSPS) is 31.9. The maximum atomic E-state index is 5.81. The third kappa shape index (κ3) is 2.69. The summed E-state index contributed by atoms with van der Waals surface area (Å²) in [5, 5.41) is 3.52. The summed E-state index contributed by atoms with van der Waals surface area (Å²) in [4.78, 5) is 0. The molecule has 1 aliphatic carbocycles. The fraction of sp³-hybridized carbons (Fsp3) is 1.00. The number of hydrogen-bond acceptors (Lipinski definition) is 3. The van der Waals surface area contributed by atoms with Gasteiger partial charge in [-0.1, -0.05) is 13.8 Å². The van der Waals surface area contributed by atoms with Crippen LogP contribution in [0.3, 0.4) is 0 Å². The standard InChI is InChI=1S/C11H24N2O/c1-9(2)10-6-11(7-10,8-12)13-4-5-14-3/h9-10,13H,4-8,12H2,1-3H3. The average Bonchev–Trinajstić information content (AvgIpc) is 2.09. The summed E-state index contributed by atoms with van der Waals surface area (Å²) in [5.41, 5.74) is 6.03. The monoisotopic (exact) mass is 200 g/mol. The Bertz CT molecular complexity index is 165. The lowest BCUT2D eigenvalue weighted by molar-refractivity contribution is 0.0683. The van der Waals surface area contributed by atoms with Crippen molar-refractivity contribution in [1.29, 1.82) is 0 Å². The van der Waals surface area contributed by atoms with Crippen molar-refractivity contribution in [1.82, 2.24) is 5.32 Å². The summed E-state index contributed by atoms with van der Waals surface area (Å²) < 4.78 is 5.02. The molecular formula is C11H24N2O. The number of rotatable bonds is 6. The van der Waals surface area contributed by atoms with Gasteiger partial charge in [0.2, 0.25) is 0 Å². The van der Waals surface area contributed by atoms with Crippen molar-refractivity contribution >= 4 is 0 Å². The molecule has 0 amide bonds. The first-order valence-electron chi connectivity index (χ1n) is 5.57. The second kappa shape index (κ2) is 5.10. The second-order valence-corrected chi connectivity index (χ2v) is 4.82. The van der Waals surface area contributed by atoms with E-state index in [1.165, 1.54) is 12.8 Å². The molecule has 84 valence electrons. The minimum absolute atomic E-state index is 0.216. The predicted octanol–water partition coefficient (Wildman–Crippen LogP) is 0.986. The molecule has 14 heavy (non-hydrogen) atoms. The van der Waals surface area contributed by atoms with Gasteiger partial charge in [0.25, 0.3) is 0 Å². The van der Waals surface area contributed by atoms with Crippen molar-refractivity contribution in [2.45, 2.75) is 32.2 Å². The summed E-state index contributed by atoms with van der Waals surface area (Å²) in [6.07, 6.45) is 2.45. The van der Waals surface area contributed by atoms with Gasteiger partial charge in [0.15, 0.2) is 0 Å². The maximum absolute atomic E-state index is 5.81. The fourth-order valence-electron chi connectivity index (χ4n) is 2.22. The number of nitrogens with one attached hydrogen (secondary N) is 1. The summed E-state index contributed by atoms with van der Waals surface area (Å²) in [6.45, 7) is 7.02. The lowest BCUT2D eigenvalue weighted by Crippen LogP contribution is -2.61. The Balaban J connectivity index is 2.26. The van der Waals surface area contributed by atoms with Gasteiger partial charge in [0.05, 0.1) is 6.61 Å². The zero-order valence-corrected chi connectivity index (χ0v) is 9.68. The molecule has 0 aromatic carbocycles. The van der Waals surface area contributed by atoms with Crippen LogP contribution in [0.5, 0.6) is 0 Å². The van der Waals surface area contributed by atoms with Gasteiger partial charge >= 0.3 is 0 Å². The molecule has 3 nitrogen and oxygen atoms in total. The zero-order valence-electron chi connectivity index (χ0n) is 9.68. The van der Waals surface area contributed by atoms with Gasteiger partial charge in [0, 0.05) is 25.7 Å². The minimum atomic E-state index is 0.216. The van der Waals surface area contributed by atoms with E-state index in [-0.39, 0.29) is 5.54 Å². The highest BCUT2D eigenvalue weighted by Crippen LogP contribution is 2.41. The Kier molecular flexibility index (Phi) is 4.35. The molecule has 0 aliphatic heterocycles. The molecule has 0 unspecified atom stereocenters. The van der Waals surface area contributed by atoms with Crippen molar-refractivity contribution in [3.8, 4) is 0 Å². The molecular weight excluding hydrogens is 176 g/mol. The zero-order chi connectivity index (χ0) is 10.6. The van der Waals surface area contributed by atoms with Crippen molar-refractivity contribution in [2.24, 2.45) is 17.6 Å². The topological polar surface area (TPSA) is 47.3 Å². The van der Waals surface area contributed by atoms with Gasteiger partial charge in [-0.05, 0) is 24.7 Å². The second-order valence-electron chi connectivity index (χ2n) is 4.82. The van der Waals surface area contributed by atoms with E-state index < -0.39 is 0 Å². The fourth-order valence-corrected chi connectivity index (χ4v) is 2.22. The Morgan fingerprint density at radius 1 is 1.50 bits per heavy atom. The van der Waals surface area contributed by atoms with E-state index in [0.29, 0.717) is 0 Å². The summed E-state index contributed by atoms with van der Waals surface area (Å²) in [7, 11) is 1.73. The molecule has 0 saturated heterocycles. The molecule has 0 bridgehead atoms. The third-order valence-corrected chi connectivity index (χ3v) is 3.45. The largest absolute Gasteiger partial charge is 0.383 e. The Morgan fingerprint density at radius 2 is 2.14 bits per heavy atom. The van der Waals surface area contributed by atoms with E-state index in [1.54, 1.807) is 7.11 Å². The van der Waals surface area contributed by atoms with Crippen molar-refractivity contribution in [3.05, 3.63) is 0 Å². The summed E-state index contributed by atoms with van der Waals surface area (Å²) in [5.74, 6) is 1.65. The van der Waals surface area contributed by atoms with Crippen LogP contribution in [0.25, 0.3) is 0 Å². The van der Waals surface area contributed by atoms with Crippen molar-refractivity contribution < 1.29 is 4.74 Å². The highest BCUT2D eigenvalue weighted by Gasteiger charge is 2.43. The van der Waals surface area contributed by atoms with Crippen LogP contribution in [-0.2, 0) is 4.74 Å². The Labute approximate surface area is 87.4 Å². The molecule has 0 spiro atoms.